The monoisotopic (exact) mass is 257 g/mol. The van der Waals surface area contributed by atoms with Crippen LogP contribution in [0.4, 0.5) is 0 Å². The predicted molar refractivity (Wildman–Crippen MR) is 76.0 cm³/mol. The maximum atomic E-state index is 12.1. The van der Waals surface area contributed by atoms with Crippen molar-refractivity contribution < 1.29 is 9.53 Å². The van der Waals surface area contributed by atoms with Crippen molar-refractivity contribution in [1.29, 1.82) is 0 Å². The van der Waals surface area contributed by atoms with Crippen LogP contribution in [0.25, 0.3) is 10.8 Å². The van der Waals surface area contributed by atoms with Crippen molar-refractivity contribution in [3.8, 4) is 0 Å². The van der Waals surface area contributed by atoms with Crippen LogP contribution in [0, 0.1) is 0 Å². The quantitative estimate of drug-likeness (QED) is 0.767. The number of hydrogen-bond acceptors (Lipinski definition) is 3. The van der Waals surface area contributed by atoms with E-state index in [1.54, 1.807) is 6.20 Å². The van der Waals surface area contributed by atoms with E-state index < -0.39 is 0 Å². The van der Waals surface area contributed by atoms with E-state index >= 15 is 0 Å². The lowest BCUT2D eigenvalue weighted by Gasteiger charge is -2.17. The molecule has 0 amide bonds. The van der Waals surface area contributed by atoms with Crippen molar-refractivity contribution in [3.63, 3.8) is 0 Å². The molecule has 0 aliphatic rings. The minimum atomic E-state index is -0.184. The molecule has 1 heterocycles. The molecule has 0 aliphatic carbocycles. The first-order valence-corrected chi connectivity index (χ1v) is 6.77. The Morgan fingerprint density at radius 2 is 2.16 bits per heavy atom. The van der Waals surface area contributed by atoms with Gasteiger partial charge in [0.2, 0.25) is 0 Å². The Balaban J connectivity index is 2.46. The van der Waals surface area contributed by atoms with Gasteiger partial charge in [0.25, 0.3) is 0 Å². The van der Waals surface area contributed by atoms with Crippen LogP contribution in [-0.2, 0) is 9.53 Å². The minimum absolute atomic E-state index is 0.131. The van der Waals surface area contributed by atoms with Gasteiger partial charge in [-0.1, -0.05) is 31.5 Å². The number of aromatic nitrogens is 1. The first-order valence-electron chi connectivity index (χ1n) is 6.77. The lowest BCUT2D eigenvalue weighted by atomic mass is 9.91. The van der Waals surface area contributed by atoms with Crippen LogP contribution in [0.3, 0.4) is 0 Å². The summed E-state index contributed by atoms with van der Waals surface area (Å²) in [6, 6.07) is 7.97. The molecule has 0 spiro atoms. The molecule has 0 aliphatic heterocycles. The van der Waals surface area contributed by atoms with Crippen molar-refractivity contribution in [1.82, 2.24) is 4.98 Å². The number of carbonyl (C=O) groups is 1. The maximum Gasteiger partial charge on any atom is 0.313 e. The lowest BCUT2D eigenvalue weighted by Crippen LogP contribution is -2.16. The third-order valence-corrected chi connectivity index (χ3v) is 3.24. The summed E-state index contributed by atoms with van der Waals surface area (Å²) in [6.07, 6.45) is 5.35. The lowest BCUT2D eigenvalue weighted by molar-refractivity contribution is -0.145. The highest BCUT2D eigenvalue weighted by Crippen LogP contribution is 2.29. The summed E-state index contributed by atoms with van der Waals surface area (Å²) >= 11 is 0. The Morgan fingerprint density at radius 1 is 1.32 bits per heavy atom. The Hall–Kier alpha value is -1.90. The third-order valence-electron chi connectivity index (χ3n) is 3.24. The van der Waals surface area contributed by atoms with Gasteiger partial charge in [-0.2, -0.15) is 0 Å². The molecule has 100 valence electrons. The number of fused-ring (bicyclic) bond motifs is 1. The minimum Gasteiger partial charge on any atom is -0.466 e. The van der Waals surface area contributed by atoms with Crippen LogP contribution in [-0.4, -0.2) is 17.6 Å². The van der Waals surface area contributed by atoms with Gasteiger partial charge in [-0.25, -0.2) is 0 Å². The van der Waals surface area contributed by atoms with Gasteiger partial charge in [0, 0.05) is 17.8 Å². The van der Waals surface area contributed by atoms with Crippen LogP contribution in [0.1, 0.15) is 38.2 Å². The molecule has 0 radical (unpaired) electrons. The SMILES string of the molecule is CCCC(C(=O)OCC)c1cccc2cnccc12. The van der Waals surface area contributed by atoms with Gasteiger partial charge in [-0.15, -0.1) is 0 Å². The number of hydrogen-bond donors (Lipinski definition) is 0. The van der Waals surface area contributed by atoms with Crippen LogP contribution >= 0.6 is 0 Å². The van der Waals surface area contributed by atoms with Crippen molar-refractivity contribution >= 4 is 16.7 Å². The van der Waals surface area contributed by atoms with Crippen LogP contribution in [0.2, 0.25) is 0 Å². The molecule has 2 aromatic rings. The molecule has 0 N–H and O–H groups in total. The Kier molecular flexibility index (Phi) is 4.50. The second-order valence-corrected chi connectivity index (χ2v) is 4.54. The summed E-state index contributed by atoms with van der Waals surface area (Å²) in [6.45, 7) is 4.35. The molecule has 3 nitrogen and oxygen atoms in total. The van der Waals surface area contributed by atoms with Crippen molar-refractivity contribution in [2.75, 3.05) is 6.61 Å². The molecule has 2 rings (SSSR count). The summed E-state index contributed by atoms with van der Waals surface area (Å²) in [7, 11) is 0. The van der Waals surface area contributed by atoms with Gasteiger partial charge in [-0.3, -0.25) is 9.78 Å². The zero-order valence-corrected chi connectivity index (χ0v) is 11.4. The number of esters is 1. The van der Waals surface area contributed by atoms with E-state index in [0.29, 0.717) is 6.61 Å². The number of rotatable bonds is 5. The van der Waals surface area contributed by atoms with Gasteiger partial charge in [0.05, 0.1) is 12.5 Å². The van der Waals surface area contributed by atoms with Crippen molar-refractivity contribution in [3.05, 3.63) is 42.2 Å². The number of nitrogens with zero attached hydrogens (tertiary/aromatic N) is 1. The molecule has 3 heteroatoms. The molecule has 1 aromatic carbocycles. The van der Waals surface area contributed by atoms with Crippen LogP contribution in [0.15, 0.2) is 36.7 Å². The van der Waals surface area contributed by atoms with E-state index in [-0.39, 0.29) is 11.9 Å². The number of ether oxygens (including phenoxy) is 1. The van der Waals surface area contributed by atoms with E-state index in [2.05, 4.69) is 11.9 Å². The average molecular weight is 257 g/mol. The first kappa shape index (κ1) is 13.5. The van der Waals surface area contributed by atoms with Gasteiger partial charge in [-0.05, 0) is 30.4 Å². The van der Waals surface area contributed by atoms with Gasteiger partial charge in [0.1, 0.15) is 0 Å². The molecule has 0 bridgehead atoms. The van der Waals surface area contributed by atoms with Gasteiger partial charge in [0.15, 0.2) is 0 Å². The standard InChI is InChI=1S/C16H19NO2/c1-3-6-15(16(18)19-4-2)14-8-5-7-12-11-17-10-9-13(12)14/h5,7-11,15H,3-4,6H2,1-2H3. The van der Waals surface area contributed by atoms with E-state index in [1.807, 2.05) is 37.4 Å². The number of pyridine rings is 1. The second-order valence-electron chi connectivity index (χ2n) is 4.54. The van der Waals surface area contributed by atoms with Crippen molar-refractivity contribution in [2.24, 2.45) is 0 Å². The molecular weight excluding hydrogens is 238 g/mol. The average Bonchev–Trinajstić information content (AvgIpc) is 2.44. The molecule has 19 heavy (non-hydrogen) atoms. The molecule has 1 unspecified atom stereocenters. The molecule has 0 saturated heterocycles. The fourth-order valence-corrected chi connectivity index (χ4v) is 2.38. The van der Waals surface area contributed by atoms with Gasteiger partial charge < -0.3 is 4.74 Å². The molecule has 0 saturated carbocycles. The smallest absolute Gasteiger partial charge is 0.313 e. The summed E-state index contributed by atoms with van der Waals surface area (Å²) in [5.41, 5.74) is 1.04. The van der Waals surface area contributed by atoms with E-state index in [9.17, 15) is 4.79 Å². The van der Waals surface area contributed by atoms with E-state index in [0.717, 1.165) is 29.2 Å². The van der Waals surface area contributed by atoms with Crippen molar-refractivity contribution in [2.45, 2.75) is 32.6 Å². The van der Waals surface area contributed by atoms with Crippen LogP contribution < -0.4 is 0 Å². The fourth-order valence-electron chi connectivity index (χ4n) is 2.38. The zero-order chi connectivity index (χ0) is 13.7. The summed E-state index contributed by atoms with van der Waals surface area (Å²) in [5.74, 6) is -0.315. The third kappa shape index (κ3) is 2.92. The zero-order valence-electron chi connectivity index (χ0n) is 11.4. The largest absolute Gasteiger partial charge is 0.466 e. The molecule has 1 atom stereocenters. The van der Waals surface area contributed by atoms with E-state index in [1.165, 1.54) is 0 Å². The maximum absolute atomic E-state index is 12.1. The van der Waals surface area contributed by atoms with Gasteiger partial charge >= 0.3 is 5.97 Å². The molecule has 1 aromatic heterocycles. The summed E-state index contributed by atoms with van der Waals surface area (Å²) in [5, 5.41) is 2.15. The number of carbonyl (C=O) groups excluding carboxylic acids is 1. The first-order chi connectivity index (χ1) is 9.27. The fraction of sp³-hybridized carbons (Fsp3) is 0.375. The highest BCUT2D eigenvalue weighted by molar-refractivity contribution is 5.90. The Bertz CT molecular complexity index is 560. The summed E-state index contributed by atoms with van der Waals surface area (Å²) in [4.78, 5) is 16.3. The Labute approximate surface area is 113 Å². The highest BCUT2D eigenvalue weighted by Gasteiger charge is 2.22. The normalized spacial score (nSPS) is 12.3. The molecule has 0 fully saturated rings. The number of benzene rings is 1. The second kappa shape index (κ2) is 6.32. The van der Waals surface area contributed by atoms with Crippen LogP contribution in [0.5, 0.6) is 0 Å². The molecular formula is C16H19NO2. The Morgan fingerprint density at radius 3 is 2.89 bits per heavy atom. The predicted octanol–water partition coefficient (Wildman–Crippen LogP) is 3.68. The van der Waals surface area contributed by atoms with E-state index in [4.69, 9.17) is 4.74 Å². The topological polar surface area (TPSA) is 39.2 Å². The summed E-state index contributed by atoms with van der Waals surface area (Å²) < 4.78 is 5.21. The highest BCUT2D eigenvalue weighted by atomic mass is 16.5.